The maximum atomic E-state index is 12.3. The maximum absolute atomic E-state index is 12.3. The minimum atomic E-state index is -0.152. The van der Waals surface area contributed by atoms with E-state index in [9.17, 15) is 4.79 Å². The normalized spacial score (nSPS) is 20.8. The first kappa shape index (κ1) is 17.0. The van der Waals surface area contributed by atoms with E-state index in [2.05, 4.69) is 16.9 Å². The molecule has 0 atom stereocenters. The molecule has 0 spiro atoms. The van der Waals surface area contributed by atoms with Gasteiger partial charge < -0.3 is 14.5 Å². The zero-order valence-corrected chi connectivity index (χ0v) is 15.2. The van der Waals surface area contributed by atoms with E-state index in [1.807, 2.05) is 44.2 Å². The molecule has 2 heterocycles. The van der Waals surface area contributed by atoms with Crippen LogP contribution in [-0.4, -0.2) is 55.3 Å². The van der Waals surface area contributed by atoms with Crippen molar-refractivity contribution in [2.24, 2.45) is 4.99 Å². The summed E-state index contributed by atoms with van der Waals surface area (Å²) >= 11 is 1.47. The fourth-order valence-electron chi connectivity index (χ4n) is 2.72. The first-order valence-electron chi connectivity index (χ1n) is 8.37. The summed E-state index contributed by atoms with van der Waals surface area (Å²) in [7, 11) is 2.20. The van der Waals surface area contributed by atoms with Crippen LogP contribution < -0.4 is 9.64 Å². The van der Waals surface area contributed by atoms with Crippen LogP contribution >= 0.6 is 11.8 Å². The minimum absolute atomic E-state index is 0.0936. The number of nitrogens with one attached hydrogen (secondary N) is 1. The van der Waals surface area contributed by atoms with Crippen LogP contribution in [0.25, 0.3) is 6.08 Å². The number of piperazine rings is 1. The van der Waals surface area contributed by atoms with Gasteiger partial charge in [0, 0.05) is 5.56 Å². The summed E-state index contributed by atoms with van der Waals surface area (Å²) < 4.78 is 5.83. The summed E-state index contributed by atoms with van der Waals surface area (Å²) in [6, 6.07) is 7.80. The first-order valence-corrected chi connectivity index (χ1v) is 9.19. The number of amides is 1. The number of para-hydroxylation sites is 1. The molecule has 2 aliphatic rings. The van der Waals surface area contributed by atoms with Crippen molar-refractivity contribution >= 4 is 28.9 Å². The zero-order chi connectivity index (χ0) is 17.1. The standard InChI is InChI=1S/C18H23N3O2S/c1-13(2)23-15-7-5-4-6-14(15)12-16-17(22)19-18(24-16)21-10-8-20(3)9-11-21/h4-7,12-13H,8-11H2,1-3H3/p+1/b16-12-. The van der Waals surface area contributed by atoms with Crippen molar-refractivity contribution in [3.8, 4) is 5.75 Å². The largest absolute Gasteiger partial charge is 0.490 e. The molecule has 0 unspecified atom stereocenters. The van der Waals surface area contributed by atoms with Gasteiger partial charge in [0.05, 0.1) is 44.2 Å². The number of rotatable bonds is 3. The predicted octanol–water partition coefficient (Wildman–Crippen LogP) is 1.27. The molecule has 1 aromatic rings. The number of likely N-dealkylation sites (N-methyl/N-ethyl adjacent to an activating group) is 1. The number of nitrogens with zero attached hydrogens (tertiary/aromatic N) is 2. The van der Waals surface area contributed by atoms with E-state index in [0.717, 1.165) is 42.7 Å². The Hall–Kier alpha value is -1.79. The molecule has 1 saturated heterocycles. The minimum Gasteiger partial charge on any atom is -0.490 e. The van der Waals surface area contributed by atoms with Crippen LogP contribution in [0, 0.1) is 0 Å². The molecule has 0 aliphatic carbocycles. The van der Waals surface area contributed by atoms with Gasteiger partial charge in [-0.3, -0.25) is 4.79 Å². The van der Waals surface area contributed by atoms with Gasteiger partial charge in [-0.1, -0.05) is 18.2 Å². The third kappa shape index (κ3) is 3.99. The second kappa shape index (κ2) is 7.40. The number of hydrogen-bond acceptors (Lipinski definition) is 4. The average Bonchev–Trinajstić information content (AvgIpc) is 2.90. The van der Waals surface area contributed by atoms with Crippen molar-refractivity contribution in [1.82, 2.24) is 4.90 Å². The Morgan fingerprint density at radius 2 is 2.00 bits per heavy atom. The predicted molar refractivity (Wildman–Crippen MR) is 98.4 cm³/mol. The summed E-state index contributed by atoms with van der Waals surface area (Å²) in [4.78, 5) is 20.9. The molecular weight excluding hydrogens is 322 g/mol. The molecule has 0 radical (unpaired) electrons. The highest BCUT2D eigenvalue weighted by atomic mass is 32.2. The molecule has 3 rings (SSSR count). The quantitative estimate of drug-likeness (QED) is 0.838. The molecule has 0 saturated carbocycles. The number of aliphatic imine (C=N–C) groups is 1. The van der Waals surface area contributed by atoms with Crippen LogP contribution in [0.4, 0.5) is 0 Å². The third-order valence-electron chi connectivity index (χ3n) is 4.07. The second-order valence-electron chi connectivity index (χ2n) is 6.46. The van der Waals surface area contributed by atoms with Crippen LogP contribution in [0.3, 0.4) is 0 Å². The molecule has 128 valence electrons. The number of carbonyl (C=O) groups is 1. The lowest BCUT2D eigenvalue weighted by Gasteiger charge is -2.30. The van der Waals surface area contributed by atoms with Gasteiger partial charge in [0.2, 0.25) is 0 Å². The molecule has 1 aromatic carbocycles. The Kier molecular flexibility index (Phi) is 5.26. The molecule has 1 N–H and O–H groups in total. The molecule has 24 heavy (non-hydrogen) atoms. The Balaban J connectivity index is 1.75. The molecule has 5 nitrogen and oxygen atoms in total. The number of amidine groups is 1. The molecule has 1 amide bonds. The van der Waals surface area contributed by atoms with Gasteiger partial charge in [-0.05, 0) is 37.8 Å². The van der Waals surface area contributed by atoms with Gasteiger partial charge in [0.1, 0.15) is 5.75 Å². The van der Waals surface area contributed by atoms with E-state index in [1.54, 1.807) is 0 Å². The molecule has 2 aliphatic heterocycles. The Morgan fingerprint density at radius 3 is 2.71 bits per heavy atom. The molecular formula is C18H24N3O2S+. The molecule has 0 bridgehead atoms. The van der Waals surface area contributed by atoms with Gasteiger partial charge in [-0.15, -0.1) is 0 Å². The van der Waals surface area contributed by atoms with Crippen molar-refractivity contribution in [1.29, 1.82) is 0 Å². The molecule has 6 heteroatoms. The third-order valence-corrected chi connectivity index (χ3v) is 5.11. The van der Waals surface area contributed by atoms with Crippen LogP contribution in [0.5, 0.6) is 5.75 Å². The van der Waals surface area contributed by atoms with Crippen molar-refractivity contribution in [2.75, 3.05) is 33.2 Å². The highest BCUT2D eigenvalue weighted by Gasteiger charge is 2.29. The topological polar surface area (TPSA) is 46.3 Å². The summed E-state index contributed by atoms with van der Waals surface area (Å²) in [5.74, 6) is 0.644. The first-order chi connectivity index (χ1) is 11.5. The highest BCUT2D eigenvalue weighted by Crippen LogP contribution is 2.32. The lowest BCUT2D eigenvalue weighted by Crippen LogP contribution is -3.12. The fourth-order valence-corrected chi connectivity index (χ4v) is 3.67. The van der Waals surface area contributed by atoms with E-state index < -0.39 is 0 Å². The smallest absolute Gasteiger partial charge is 0.286 e. The number of benzene rings is 1. The van der Waals surface area contributed by atoms with Crippen LogP contribution in [0.1, 0.15) is 19.4 Å². The van der Waals surface area contributed by atoms with E-state index >= 15 is 0 Å². The Bertz CT molecular complexity index is 677. The monoisotopic (exact) mass is 346 g/mol. The highest BCUT2D eigenvalue weighted by molar-refractivity contribution is 8.18. The maximum Gasteiger partial charge on any atom is 0.286 e. The number of thioether (sulfide) groups is 1. The van der Waals surface area contributed by atoms with E-state index in [4.69, 9.17) is 4.74 Å². The van der Waals surface area contributed by atoms with Gasteiger partial charge in [0.15, 0.2) is 5.17 Å². The fraction of sp³-hybridized carbons (Fsp3) is 0.444. The lowest BCUT2D eigenvalue weighted by atomic mass is 10.2. The average molecular weight is 346 g/mol. The molecule has 0 aromatic heterocycles. The number of hydrogen-bond donors (Lipinski definition) is 1. The Morgan fingerprint density at radius 1 is 1.29 bits per heavy atom. The van der Waals surface area contributed by atoms with E-state index in [1.165, 1.54) is 16.7 Å². The summed E-state index contributed by atoms with van der Waals surface area (Å²) in [6.07, 6.45) is 1.99. The number of ether oxygens (including phenoxy) is 1. The number of carbonyl (C=O) groups excluding carboxylic acids is 1. The van der Waals surface area contributed by atoms with Crippen molar-refractivity contribution in [2.45, 2.75) is 20.0 Å². The summed E-state index contributed by atoms with van der Waals surface area (Å²) in [5, 5.41) is 0.834. The summed E-state index contributed by atoms with van der Waals surface area (Å²) in [5.41, 5.74) is 0.918. The second-order valence-corrected chi connectivity index (χ2v) is 7.47. The number of quaternary nitrogens is 1. The van der Waals surface area contributed by atoms with Crippen LogP contribution in [0.15, 0.2) is 34.2 Å². The van der Waals surface area contributed by atoms with Gasteiger partial charge in [-0.25, -0.2) is 0 Å². The Labute approximate surface area is 147 Å². The van der Waals surface area contributed by atoms with Crippen molar-refractivity contribution in [3.63, 3.8) is 0 Å². The van der Waals surface area contributed by atoms with E-state index in [0.29, 0.717) is 4.91 Å². The zero-order valence-electron chi connectivity index (χ0n) is 14.4. The van der Waals surface area contributed by atoms with Crippen LogP contribution in [-0.2, 0) is 4.79 Å². The van der Waals surface area contributed by atoms with Gasteiger partial charge in [0.25, 0.3) is 5.91 Å². The van der Waals surface area contributed by atoms with Gasteiger partial charge in [-0.2, -0.15) is 4.99 Å². The lowest BCUT2D eigenvalue weighted by molar-refractivity contribution is -0.883. The molecule has 1 fully saturated rings. The van der Waals surface area contributed by atoms with Crippen molar-refractivity contribution in [3.05, 3.63) is 34.7 Å². The van der Waals surface area contributed by atoms with E-state index in [-0.39, 0.29) is 12.0 Å². The SMILES string of the molecule is CC(C)Oc1ccccc1/C=C1\SC(N2CC[NH+](C)CC2)=NC1=O. The van der Waals surface area contributed by atoms with Gasteiger partial charge >= 0.3 is 0 Å². The van der Waals surface area contributed by atoms with Crippen LogP contribution in [0.2, 0.25) is 0 Å². The summed E-state index contributed by atoms with van der Waals surface area (Å²) in [6.45, 7) is 8.05. The van der Waals surface area contributed by atoms with Crippen molar-refractivity contribution < 1.29 is 14.4 Å².